The van der Waals surface area contributed by atoms with E-state index in [1.807, 2.05) is 0 Å². The summed E-state index contributed by atoms with van der Waals surface area (Å²) < 4.78 is 0. The summed E-state index contributed by atoms with van der Waals surface area (Å²) in [6.45, 7) is 1.80. The van der Waals surface area contributed by atoms with Gasteiger partial charge in [-0.05, 0) is 49.4 Å². The number of anilines is 1. The van der Waals surface area contributed by atoms with Crippen molar-refractivity contribution >= 4 is 17.3 Å². The Balaban J connectivity index is 2.02. The Labute approximate surface area is 109 Å². The Morgan fingerprint density at radius 2 is 2.18 bits per heavy atom. The highest BCUT2D eigenvalue weighted by Gasteiger charge is 2.19. The van der Waals surface area contributed by atoms with Gasteiger partial charge in [0.1, 0.15) is 0 Å². The molecule has 3 heteroatoms. The summed E-state index contributed by atoms with van der Waals surface area (Å²) in [7, 11) is 2.15. The fourth-order valence-corrected chi connectivity index (χ4v) is 2.57. The molecule has 17 heavy (non-hydrogen) atoms. The largest absolute Gasteiger partial charge is 0.374 e. The molecule has 0 heterocycles. The van der Waals surface area contributed by atoms with Crippen LogP contribution in [0.4, 0.5) is 5.69 Å². The quantitative estimate of drug-likeness (QED) is 0.873. The van der Waals surface area contributed by atoms with Crippen LogP contribution in [0.2, 0.25) is 5.02 Å². The fourth-order valence-electron chi connectivity index (χ4n) is 2.30. The van der Waals surface area contributed by atoms with Gasteiger partial charge in [0.05, 0.1) is 0 Å². The Morgan fingerprint density at radius 1 is 1.41 bits per heavy atom. The third-order valence-electron chi connectivity index (χ3n) is 3.65. The molecule has 2 nitrogen and oxygen atoms in total. The topological polar surface area (TPSA) is 29.3 Å². The molecule has 0 spiro atoms. The van der Waals surface area contributed by atoms with Gasteiger partial charge in [-0.3, -0.25) is 0 Å². The summed E-state index contributed by atoms with van der Waals surface area (Å²) in [4.78, 5) is 2.31. The van der Waals surface area contributed by atoms with Crippen LogP contribution in [0.5, 0.6) is 0 Å². The number of hydrogen-bond donors (Lipinski definition) is 1. The molecule has 2 N–H and O–H groups in total. The molecular weight excluding hydrogens is 232 g/mol. The van der Waals surface area contributed by atoms with Crippen LogP contribution in [0.1, 0.15) is 24.8 Å². The minimum absolute atomic E-state index is 0.650. The molecule has 1 aromatic carbocycles. The molecule has 0 unspecified atom stereocenters. The third kappa shape index (κ3) is 3.14. The highest BCUT2D eigenvalue weighted by Crippen LogP contribution is 2.29. The smallest absolute Gasteiger partial charge is 0.0459 e. The van der Waals surface area contributed by atoms with Crippen LogP contribution in [0.15, 0.2) is 18.2 Å². The summed E-state index contributed by atoms with van der Waals surface area (Å²) >= 11 is 6.25. The van der Waals surface area contributed by atoms with Crippen LogP contribution < -0.4 is 10.6 Å². The monoisotopic (exact) mass is 252 g/mol. The van der Waals surface area contributed by atoms with Crippen LogP contribution in [0.25, 0.3) is 0 Å². The van der Waals surface area contributed by atoms with Crippen molar-refractivity contribution in [3.63, 3.8) is 0 Å². The normalized spacial score (nSPS) is 15.7. The Morgan fingerprint density at radius 3 is 2.71 bits per heavy atom. The van der Waals surface area contributed by atoms with Gasteiger partial charge in [-0.25, -0.2) is 0 Å². The van der Waals surface area contributed by atoms with Crippen LogP contribution >= 0.6 is 11.6 Å². The lowest BCUT2D eigenvalue weighted by Crippen LogP contribution is -2.29. The van der Waals surface area contributed by atoms with Gasteiger partial charge in [-0.15, -0.1) is 0 Å². The molecule has 1 fully saturated rings. The maximum atomic E-state index is 6.25. The maximum Gasteiger partial charge on any atom is 0.0459 e. The maximum absolute atomic E-state index is 6.25. The lowest BCUT2D eigenvalue weighted by molar-refractivity contribution is 0.321. The third-order valence-corrected chi connectivity index (χ3v) is 4.00. The molecule has 0 aromatic heterocycles. The molecule has 0 atom stereocenters. The first-order valence-corrected chi connectivity index (χ1v) is 6.78. The zero-order valence-corrected chi connectivity index (χ0v) is 11.2. The second kappa shape index (κ2) is 5.74. The second-order valence-corrected chi connectivity index (χ2v) is 5.40. The average Bonchev–Trinajstić information content (AvgIpc) is 2.26. The Hall–Kier alpha value is -0.730. The van der Waals surface area contributed by atoms with Gasteiger partial charge in [0.25, 0.3) is 0 Å². The number of nitrogens with two attached hydrogens (primary N) is 1. The van der Waals surface area contributed by atoms with Crippen LogP contribution in [-0.2, 0) is 6.42 Å². The molecule has 1 aromatic rings. The van der Waals surface area contributed by atoms with Gasteiger partial charge < -0.3 is 10.6 Å². The van der Waals surface area contributed by atoms with E-state index in [1.54, 1.807) is 0 Å². The van der Waals surface area contributed by atoms with E-state index in [1.165, 1.54) is 24.9 Å². The van der Waals surface area contributed by atoms with E-state index in [0.29, 0.717) is 6.54 Å². The van der Waals surface area contributed by atoms with Crippen LogP contribution in [-0.4, -0.2) is 20.1 Å². The summed E-state index contributed by atoms with van der Waals surface area (Å²) in [6.07, 6.45) is 5.01. The summed E-state index contributed by atoms with van der Waals surface area (Å²) in [5, 5.41) is 0.841. The average molecular weight is 253 g/mol. The Kier molecular flexibility index (Phi) is 4.30. The van der Waals surface area contributed by atoms with Crippen molar-refractivity contribution in [2.45, 2.75) is 25.7 Å². The molecule has 94 valence electrons. The van der Waals surface area contributed by atoms with E-state index in [9.17, 15) is 0 Å². The zero-order valence-electron chi connectivity index (χ0n) is 10.5. The van der Waals surface area contributed by atoms with Crippen molar-refractivity contribution in [1.29, 1.82) is 0 Å². The molecule has 0 amide bonds. The predicted molar refractivity (Wildman–Crippen MR) is 74.8 cm³/mol. The van der Waals surface area contributed by atoms with Crippen molar-refractivity contribution in [3.05, 3.63) is 28.8 Å². The van der Waals surface area contributed by atoms with Crippen molar-refractivity contribution in [1.82, 2.24) is 0 Å². The summed E-state index contributed by atoms with van der Waals surface area (Å²) in [5.74, 6) is 0.877. The van der Waals surface area contributed by atoms with Crippen LogP contribution in [0, 0.1) is 5.92 Å². The van der Waals surface area contributed by atoms with E-state index in [2.05, 4.69) is 30.1 Å². The van der Waals surface area contributed by atoms with Gasteiger partial charge in [0.15, 0.2) is 0 Å². The predicted octanol–water partition coefficient (Wildman–Crippen LogP) is 3.08. The zero-order chi connectivity index (χ0) is 12.3. The highest BCUT2D eigenvalue weighted by molar-refractivity contribution is 6.31. The van der Waals surface area contributed by atoms with Crippen molar-refractivity contribution in [2.24, 2.45) is 11.7 Å². The van der Waals surface area contributed by atoms with Crippen molar-refractivity contribution < 1.29 is 0 Å². The molecule has 2 rings (SSSR count). The number of rotatable bonds is 5. The van der Waals surface area contributed by atoms with Crippen LogP contribution in [0.3, 0.4) is 0 Å². The first-order valence-electron chi connectivity index (χ1n) is 6.40. The molecule has 1 aliphatic carbocycles. The van der Waals surface area contributed by atoms with Gasteiger partial charge in [-0.2, -0.15) is 0 Å². The standard InChI is InChI=1S/C14H21ClN2/c1-17(10-11-3-2-4-11)13-6-5-12(7-8-16)14(15)9-13/h5-6,9,11H,2-4,7-8,10,16H2,1H3. The van der Waals surface area contributed by atoms with E-state index in [4.69, 9.17) is 17.3 Å². The molecule has 1 aliphatic rings. The molecular formula is C14H21ClN2. The molecule has 0 radical (unpaired) electrons. The number of halogens is 1. The first-order chi connectivity index (χ1) is 8.20. The fraction of sp³-hybridized carbons (Fsp3) is 0.571. The van der Waals surface area contributed by atoms with Crippen molar-refractivity contribution in [3.8, 4) is 0 Å². The second-order valence-electron chi connectivity index (χ2n) is 4.99. The minimum Gasteiger partial charge on any atom is -0.374 e. The number of nitrogens with zero attached hydrogens (tertiary/aromatic N) is 1. The highest BCUT2D eigenvalue weighted by atomic mass is 35.5. The molecule has 0 aliphatic heterocycles. The number of hydrogen-bond acceptors (Lipinski definition) is 2. The summed E-state index contributed by atoms with van der Waals surface area (Å²) in [5.41, 5.74) is 7.91. The number of benzene rings is 1. The SMILES string of the molecule is CN(CC1CCC1)c1ccc(CCN)c(Cl)c1. The van der Waals surface area contributed by atoms with E-state index >= 15 is 0 Å². The van der Waals surface area contributed by atoms with Gasteiger partial charge in [-0.1, -0.05) is 24.1 Å². The lowest BCUT2D eigenvalue weighted by atomic mass is 9.85. The van der Waals surface area contributed by atoms with Gasteiger partial charge >= 0.3 is 0 Å². The minimum atomic E-state index is 0.650. The summed E-state index contributed by atoms with van der Waals surface area (Å²) in [6, 6.07) is 6.31. The van der Waals surface area contributed by atoms with E-state index < -0.39 is 0 Å². The first kappa shape index (κ1) is 12.7. The Bertz CT molecular complexity index is 374. The van der Waals surface area contributed by atoms with E-state index in [-0.39, 0.29) is 0 Å². The lowest BCUT2D eigenvalue weighted by Gasteiger charge is -2.31. The van der Waals surface area contributed by atoms with E-state index in [0.717, 1.165) is 29.5 Å². The molecule has 1 saturated carbocycles. The molecule has 0 saturated heterocycles. The van der Waals surface area contributed by atoms with Gasteiger partial charge in [0, 0.05) is 24.3 Å². The van der Waals surface area contributed by atoms with Gasteiger partial charge in [0.2, 0.25) is 0 Å². The molecule has 0 bridgehead atoms. The van der Waals surface area contributed by atoms with Crippen molar-refractivity contribution in [2.75, 3.05) is 25.0 Å².